The van der Waals surface area contributed by atoms with Gasteiger partial charge in [-0.05, 0) is 50.9 Å². The normalized spacial score (nSPS) is 18.2. The van der Waals surface area contributed by atoms with Crippen LogP contribution in [0.3, 0.4) is 0 Å². The second kappa shape index (κ2) is 15.1. The standard InChI is InChI=1S/C26H40N8O6/c1-40-22(36)9-8-21(35)24(38)32-19(7-4-17-3-2-13-33(16-17)26(27)28)25(39)34(18-5-6-18)14-12-31-23(37)20-15-29-10-11-30-20/h10-11,15,17-19,21,35H,2-9,12-14,16H2,1H3,(H3,27,28)(H,31,37)(H,32,38)/t17-,19-,21-/m0/s1. The Balaban J connectivity index is 1.64. The van der Waals surface area contributed by atoms with Gasteiger partial charge in [-0.1, -0.05) is 0 Å². The second-order valence-electron chi connectivity index (χ2n) is 10.2. The molecule has 3 rings (SSSR count). The number of amides is 3. The van der Waals surface area contributed by atoms with E-state index in [2.05, 4.69) is 25.3 Å². The number of nitrogens with one attached hydrogen (secondary N) is 3. The van der Waals surface area contributed by atoms with E-state index in [0.717, 1.165) is 25.7 Å². The summed E-state index contributed by atoms with van der Waals surface area (Å²) in [5.41, 5.74) is 5.84. The van der Waals surface area contributed by atoms with Gasteiger partial charge in [-0.25, -0.2) is 4.98 Å². The van der Waals surface area contributed by atoms with Gasteiger partial charge < -0.3 is 36.0 Å². The molecule has 14 heteroatoms. The summed E-state index contributed by atoms with van der Waals surface area (Å²) in [6.45, 7) is 1.75. The Morgan fingerprint density at radius 2 is 2.02 bits per heavy atom. The first-order chi connectivity index (χ1) is 19.2. The molecule has 2 heterocycles. The number of rotatable bonds is 14. The van der Waals surface area contributed by atoms with Crippen LogP contribution in [-0.2, 0) is 19.1 Å². The number of methoxy groups -OCH3 is 1. The van der Waals surface area contributed by atoms with Crippen molar-refractivity contribution in [2.24, 2.45) is 11.7 Å². The van der Waals surface area contributed by atoms with Crippen LogP contribution in [-0.4, -0.2) is 106 Å². The van der Waals surface area contributed by atoms with E-state index < -0.39 is 29.9 Å². The van der Waals surface area contributed by atoms with Crippen LogP contribution in [0.1, 0.15) is 61.9 Å². The van der Waals surface area contributed by atoms with Gasteiger partial charge in [-0.3, -0.25) is 29.6 Å². The average molecular weight is 561 g/mol. The number of carbonyl (C=O) groups excluding carboxylic acids is 4. The summed E-state index contributed by atoms with van der Waals surface area (Å²) >= 11 is 0. The van der Waals surface area contributed by atoms with Crippen molar-refractivity contribution in [1.29, 1.82) is 5.41 Å². The topological polar surface area (TPSA) is 204 Å². The SMILES string of the molecule is COC(=O)CC[C@H](O)C(=O)N[C@@H](CC[C@@H]1CCCN(C(=N)N)C1)C(=O)N(CCNC(=O)c1cnccn1)C1CC1. The molecule has 1 aliphatic heterocycles. The zero-order chi connectivity index (χ0) is 29.1. The van der Waals surface area contributed by atoms with Crippen molar-refractivity contribution in [3.8, 4) is 0 Å². The van der Waals surface area contributed by atoms with E-state index in [9.17, 15) is 24.3 Å². The number of carbonyl (C=O) groups is 4. The summed E-state index contributed by atoms with van der Waals surface area (Å²) in [6.07, 6.45) is 6.89. The molecular formula is C26H40N8O6. The van der Waals surface area contributed by atoms with Crippen molar-refractivity contribution in [1.82, 2.24) is 30.4 Å². The molecule has 0 unspecified atom stereocenters. The molecule has 1 saturated carbocycles. The van der Waals surface area contributed by atoms with Crippen molar-refractivity contribution < 1.29 is 29.0 Å². The largest absolute Gasteiger partial charge is 0.469 e. The van der Waals surface area contributed by atoms with Crippen molar-refractivity contribution >= 4 is 29.7 Å². The maximum Gasteiger partial charge on any atom is 0.305 e. The van der Waals surface area contributed by atoms with Gasteiger partial charge in [0.1, 0.15) is 17.8 Å². The molecule has 40 heavy (non-hydrogen) atoms. The van der Waals surface area contributed by atoms with Crippen molar-refractivity contribution in [3.05, 3.63) is 24.3 Å². The van der Waals surface area contributed by atoms with Crippen LogP contribution in [0.15, 0.2) is 18.6 Å². The molecular weight excluding hydrogens is 520 g/mol. The van der Waals surface area contributed by atoms with Gasteiger partial charge in [0, 0.05) is 51.0 Å². The Hall–Kier alpha value is -3.81. The molecule has 3 amide bonds. The van der Waals surface area contributed by atoms with Crippen LogP contribution in [0.2, 0.25) is 0 Å². The fourth-order valence-corrected chi connectivity index (χ4v) is 4.79. The summed E-state index contributed by atoms with van der Waals surface area (Å²) in [5.74, 6) is -1.76. The first-order valence-electron chi connectivity index (χ1n) is 13.7. The maximum absolute atomic E-state index is 13.7. The number of aliphatic hydroxyl groups excluding tert-OH is 1. The molecule has 0 spiro atoms. The molecule has 0 bridgehead atoms. The lowest BCUT2D eigenvalue weighted by molar-refractivity contribution is -0.143. The lowest BCUT2D eigenvalue weighted by atomic mass is 9.91. The number of esters is 1. The zero-order valence-electron chi connectivity index (χ0n) is 22.9. The molecule has 3 atom stereocenters. The highest BCUT2D eigenvalue weighted by atomic mass is 16.5. The number of piperidine rings is 1. The van der Waals surface area contributed by atoms with Gasteiger partial charge >= 0.3 is 5.97 Å². The van der Waals surface area contributed by atoms with Crippen molar-refractivity contribution in [2.45, 2.75) is 69.6 Å². The molecule has 220 valence electrons. The van der Waals surface area contributed by atoms with Gasteiger partial charge in [0.15, 0.2) is 5.96 Å². The summed E-state index contributed by atoms with van der Waals surface area (Å²) in [4.78, 5) is 61.7. The number of aliphatic hydroxyl groups is 1. The summed E-state index contributed by atoms with van der Waals surface area (Å²) < 4.78 is 4.57. The van der Waals surface area contributed by atoms with Crippen LogP contribution in [0.4, 0.5) is 0 Å². The number of ether oxygens (including phenoxy) is 1. The predicted molar refractivity (Wildman–Crippen MR) is 144 cm³/mol. The maximum atomic E-state index is 13.7. The van der Waals surface area contributed by atoms with Crippen LogP contribution in [0.25, 0.3) is 0 Å². The van der Waals surface area contributed by atoms with E-state index in [0.29, 0.717) is 25.9 Å². The molecule has 0 radical (unpaired) electrons. The van der Waals surface area contributed by atoms with E-state index in [1.807, 2.05) is 0 Å². The lowest BCUT2D eigenvalue weighted by Gasteiger charge is -2.34. The first-order valence-corrected chi connectivity index (χ1v) is 13.7. The minimum absolute atomic E-state index is 0.00690. The van der Waals surface area contributed by atoms with Crippen LogP contribution in [0.5, 0.6) is 0 Å². The Morgan fingerprint density at radius 1 is 1.25 bits per heavy atom. The summed E-state index contributed by atoms with van der Waals surface area (Å²) in [5, 5.41) is 23.5. The number of nitrogens with zero attached hydrogens (tertiary/aromatic N) is 4. The fraction of sp³-hybridized carbons (Fsp3) is 0.654. The fourth-order valence-electron chi connectivity index (χ4n) is 4.79. The van der Waals surface area contributed by atoms with E-state index in [1.165, 1.54) is 25.7 Å². The number of guanidine groups is 1. The minimum atomic E-state index is -1.47. The Kier molecular flexibility index (Phi) is 11.6. The summed E-state index contributed by atoms with van der Waals surface area (Å²) in [7, 11) is 1.23. The Bertz CT molecular complexity index is 1040. The van der Waals surface area contributed by atoms with Gasteiger partial charge in [-0.2, -0.15) is 0 Å². The molecule has 1 saturated heterocycles. The summed E-state index contributed by atoms with van der Waals surface area (Å²) in [6, 6.07) is -0.892. The molecule has 14 nitrogen and oxygen atoms in total. The number of hydrogen-bond acceptors (Lipinski definition) is 9. The molecule has 0 aromatic carbocycles. The van der Waals surface area contributed by atoms with Gasteiger partial charge in [0.2, 0.25) is 11.8 Å². The Morgan fingerprint density at radius 3 is 2.67 bits per heavy atom. The van der Waals surface area contributed by atoms with E-state index in [4.69, 9.17) is 11.1 Å². The first kappa shape index (κ1) is 30.7. The smallest absolute Gasteiger partial charge is 0.305 e. The third kappa shape index (κ3) is 9.43. The second-order valence-corrected chi connectivity index (χ2v) is 10.2. The average Bonchev–Trinajstić information content (AvgIpc) is 3.81. The van der Waals surface area contributed by atoms with Gasteiger partial charge in [0.25, 0.3) is 5.91 Å². The number of likely N-dealkylation sites (tertiary alicyclic amines) is 1. The van der Waals surface area contributed by atoms with E-state index in [-0.39, 0.29) is 55.5 Å². The lowest BCUT2D eigenvalue weighted by Crippen LogP contribution is -2.53. The molecule has 1 aromatic rings. The minimum Gasteiger partial charge on any atom is -0.469 e. The van der Waals surface area contributed by atoms with Crippen LogP contribution >= 0.6 is 0 Å². The number of nitrogens with two attached hydrogens (primary N) is 1. The molecule has 2 aliphatic rings. The van der Waals surface area contributed by atoms with Gasteiger partial charge in [0.05, 0.1) is 13.3 Å². The highest BCUT2D eigenvalue weighted by Gasteiger charge is 2.37. The quantitative estimate of drug-likeness (QED) is 0.111. The van der Waals surface area contributed by atoms with Crippen LogP contribution < -0.4 is 16.4 Å². The highest BCUT2D eigenvalue weighted by Crippen LogP contribution is 2.28. The molecule has 2 fully saturated rings. The number of hydrogen-bond donors (Lipinski definition) is 5. The van der Waals surface area contributed by atoms with Crippen LogP contribution in [0, 0.1) is 11.3 Å². The van der Waals surface area contributed by atoms with Crippen molar-refractivity contribution in [2.75, 3.05) is 33.3 Å². The van der Waals surface area contributed by atoms with E-state index in [1.54, 1.807) is 9.80 Å². The van der Waals surface area contributed by atoms with Gasteiger partial charge in [-0.15, -0.1) is 0 Å². The monoisotopic (exact) mass is 560 g/mol. The molecule has 1 aromatic heterocycles. The number of aromatic nitrogens is 2. The van der Waals surface area contributed by atoms with E-state index >= 15 is 0 Å². The third-order valence-electron chi connectivity index (χ3n) is 7.19. The molecule has 1 aliphatic carbocycles. The highest BCUT2D eigenvalue weighted by molar-refractivity contribution is 5.92. The predicted octanol–water partition coefficient (Wildman–Crippen LogP) is -0.618. The molecule has 6 N–H and O–H groups in total. The third-order valence-corrected chi connectivity index (χ3v) is 7.19. The van der Waals surface area contributed by atoms with Crippen molar-refractivity contribution in [3.63, 3.8) is 0 Å². The Labute approximate surface area is 233 Å². The zero-order valence-corrected chi connectivity index (χ0v) is 22.9.